The maximum Gasteiger partial charge on any atom is 0.264 e. The minimum Gasteiger partial charge on any atom is -0.493 e. The first-order valence-corrected chi connectivity index (χ1v) is 14.0. The second-order valence-electron chi connectivity index (χ2n) is 8.91. The maximum absolute atomic E-state index is 14.0. The van der Waals surface area contributed by atoms with Crippen LogP contribution in [0.3, 0.4) is 0 Å². The molecule has 3 aromatic carbocycles. The Balaban J connectivity index is 2.10. The third-order valence-electron chi connectivity index (χ3n) is 6.33. The summed E-state index contributed by atoms with van der Waals surface area (Å²) in [6.45, 7) is 3.35. The van der Waals surface area contributed by atoms with Crippen molar-refractivity contribution in [3.63, 3.8) is 0 Å². The summed E-state index contributed by atoms with van der Waals surface area (Å²) >= 11 is 0. The Morgan fingerprint density at radius 1 is 0.923 bits per heavy atom. The van der Waals surface area contributed by atoms with E-state index in [4.69, 9.17) is 9.47 Å². The third-order valence-corrected chi connectivity index (χ3v) is 8.12. The van der Waals surface area contributed by atoms with Crippen molar-refractivity contribution in [1.82, 2.24) is 10.2 Å². The fourth-order valence-corrected chi connectivity index (χ4v) is 5.75. The van der Waals surface area contributed by atoms with Crippen LogP contribution < -0.4 is 19.1 Å². The highest BCUT2D eigenvalue weighted by molar-refractivity contribution is 7.92. The molecule has 2 amide bonds. The van der Waals surface area contributed by atoms with Crippen LogP contribution in [0.1, 0.15) is 24.5 Å². The number of methoxy groups -OCH3 is 2. The minimum atomic E-state index is -4.18. The van der Waals surface area contributed by atoms with E-state index in [0.717, 1.165) is 15.4 Å². The van der Waals surface area contributed by atoms with Gasteiger partial charge in [-0.25, -0.2) is 8.42 Å². The van der Waals surface area contributed by atoms with E-state index in [1.165, 1.54) is 44.4 Å². The van der Waals surface area contributed by atoms with Crippen molar-refractivity contribution in [3.8, 4) is 11.5 Å². The molecule has 0 aliphatic rings. The summed E-state index contributed by atoms with van der Waals surface area (Å²) in [5, 5.41) is 2.62. The summed E-state index contributed by atoms with van der Waals surface area (Å²) in [5.74, 6) is -0.135. The lowest BCUT2D eigenvalue weighted by molar-refractivity contribution is -0.140. The number of anilines is 1. The molecule has 0 aromatic heterocycles. The van der Waals surface area contributed by atoms with E-state index in [-0.39, 0.29) is 23.0 Å². The van der Waals surface area contributed by atoms with Crippen molar-refractivity contribution in [3.05, 3.63) is 83.9 Å². The normalized spacial score (nSPS) is 11.8. The molecule has 0 bridgehead atoms. The highest BCUT2D eigenvalue weighted by Gasteiger charge is 2.33. The summed E-state index contributed by atoms with van der Waals surface area (Å²) in [6, 6.07) is 19.4. The first-order chi connectivity index (χ1) is 18.7. The standard InChI is InChI=1S/C29H35N3O6S/c1-6-25(29(34)30-3)31(19-22-12-10-11-21(2)17-22)28(33)20-32(39(35,36)24-13-8-7-9-14-24)23-15-16-26(37-4)27(18-23)38-5/h7-18,25H,6,19-20H2,1-5H3,(H,30,34). The van der Waals surface area contributed by atoms with Crippen molar-refractivity contribution >= 4 is 27.5 Å². The van der Waals surface area contributed by atoms with E-state index in [2.05, 4.69) is 5.32 Å². The smallest absolute Gasteiger partial charge is 0.264 e. The molecule has 208 valence electrons. The van der Waals surface area contributed by atoms with E-state index >= 15 is 0 Å². The topological polar surface area (TPSA) is 105 Å². The number of rotatable bonds is 12. The average Bonchev–Trinajstić information content (AvgIpc) is 2.95. The number of hydrogen-bond acceptors (Lipinski definition) is 6. The van der Waals surface area contributed by atoms with Crippen LogP contribution in [0.15, 0.2) is 77.7 Å². The molecule has 1 atom stereocenters. The fraction of sp³-hybridized carbons (Fsp3) is 0.310. The molecule has 0 fully saturated rings. The highest BCUT2D eigenvalue weighted by Crippen LogP contribution is 2.34. The van der Waals surface area contributed by atoms with Gasteiger partial charge < -0.3 is 19.7 Å². The van der Waals surface area contributed by atoms with Crippen molar-refractivity contribution in [1.29, 1.82) is 0 Å². The Morgan fingerprint density at radius 3 is 2.21 bits per heavy atom. The van der Waals surface area contributed by atoms with Gasteiger partial charge >= 0.3 is 0 Å². The van der Waals surface area contributed by atoms with E-state index < -0.39 is 28.5 Å². The van der Waals surface area contributed by atoms with Crippen LogP contribution in [0.2, 0.25) is 0 Å². The number of nitrogens with zero attached hydrogens (tertiary/aromatic N) is 2. The zero-order valence-electron chi connectivity index (χ0n) is 22.9. The molecule has 9 nitrogen and oxygen atoms in total. The number of nitrogens with one attached hydrogen (secondary N) is 1. The molecular formula is C29H35N3O6S. The number of carbonyl (C=O) groups excluding carboxylic acids is 2. The van der Waals surface area contributed by atoms with E-state index in [1.54, 1.807) is 30.3 Å². The number of ether oxygens (including phenoxy) is 2. The predicted molar refractivity (Wildman–Crippen MR) is 150 cm³/mol. The lowest BCUT2D eigenvalue weighted by Crippen LogP contribution is -2.51. The monoisotopic (exact) mass is 553 g/mol. The van der Waals surface area contributed by atoms with Gasteiger partial charge in [-0.2, -0.15) is 0 Å². The number of benzene rings is 3. The van der Waals surface area contributed by atoms with Gasteiger partial charge in [-0.1, -0.05) is 55.0 Å². The highest BCUT2D eigenvalue weighted by atomic mass is 32.2. The number of aryl methyl sites for hydroxylation is 1. The molecule has 10 heteroatoms. The second kappa shape index (κ2) is 13.1. The van der Waals surface area contributed by atoms with Crippen molar-refractivity contribution in [2.75, 3.05) is 32.1 Å². The summed E-state index contributed by atoms with van der Waals surface area (Å²) < 4.78 is 39.5. The van der Waals surface area contributed by atoms with Crippen LogP contribution in [0, 0.1) is 6.92 Å². The molecule has 0 saturated carbocycles. The molecule has 3 aromatic rings. The van der Waals surface area contributed by atoms with Crippen LogP contribution in [-0.4, -0.2) is 59.0 Å². The molecule has 1 N–H and O–H groups in total. The Morgan fingerprint density at radius 2 is 1.62 bits per heavy atom. The lowest BCUT2D eigenvalue weighted by atomic mass is 10.1. The Hall–Kier alpha value is -4.05. The quantitative estimate of drug-likeness (QED) is 0.366. The average molecular weight is 554 g/mol. The molecule has 39 heavy (non-hydrogen) atoms. The Bertz CT molecular complexity index is 1400. The summed E-state index contributed by atoms with van der Waals surface area (Å²) in [5.41, 5.74) is 2.05. The summed E-state index contributed by atoms with van der Waals surface area (Å²) in [7, 11) is 0.258. The van der Waals surface area contributed by atoms with Gasteiger partial charge in [0.15, 0.2) is 11.5 Å². The number of amides is 2. The summed E-state index contributed by atoms with van der Waals surface area (Å²) in [4.78, 5) is 28.2. The molecule has 0 heterocycles. The lowest BCUT2D eigenvalue weighted by Gasteiger charge is -2.33. The molecule has 3 rings (SSSR count). The van der Waals surface area contributed by atoms with Crippen molar-refractivity contribution < 1.29 is 27.5 Å². The zero-order valence-corrected chi connectivity index (χ0v) is 23.7. The molecule has 0 aliphatic carbocycles. The summed E-state index contributed by atoms with van der Waals surface area (Å²) in [6.07, 6.45) is 0.346. The van der Waals surface area contributed by atoms with Gasteiger partial charge in [0.2, 0.25) is 11.8 Å². The van der Waals surface area contributed by atoms with Crippen LogP contribution in [0.25, 0.3) is 0 Å². The van der Waals surface area contributed by atoms with E-state index in [0.29, 0.717) is 17.9 Å². The largest absolute Gasteiger partial charge is 0.493 e. The minimum absolute atomic E-state index is 0.0242. The first kappa shape index (κ1) is 29.5. The number of likely N-dealkylation sites (N-methyl/N-ethyl adjacent to an activating group) is 1. The molecule has 0 spiro atoms. The van der Waals surface area contributed by atoms with Gasteiger partial charge in [0, 0.05) is 19.7 Å². The van der Waals surface area contributed by atoms with Crippen LogP contribution in [0.4, 0.5) is 5.69 Å². The predicted octanol–water partition coefficient (Wildman–Crippen LogP) is 3.76. The van der Waals surface area contributed by atoms with Crippen molar-refractivity contribution in [2.24, 2.45) is 0 Å². The first-order valence-electron chi connectivity index (χ1n) is 12.5. The second-order valence-corrected chi connectivity index (χ2v) is 10.8. The molecular weight excluding hydrogens is 518 g/mol. The molecule has 0 saturated heterocycles. The van der Waals surface area contributed by atoms with Gasteiger partial charge in [0.05, 0.1) is 24.8 Å². The van der Waals surface area contributed by atoms with E-state index in [9.17, 15) is 18.0 Å². The van der Waals surface area contributed by atoms with Gasteiger partial charge in [-0.05, 0) is 43.2 Å². The molecule has 0 aliphatic heterocycles. The number of hydrogen-bond donors (Lipinski definition) is 1. The van der Waals surface area contributed by atoms with Gasteiger partial charge in [0.1, 0.15) is 12.6 Å². The zero-order chi connectivity index (χ0) is 28.6. The van der Waals surface area contributed by atoms with Crippen LogP contribution in [0.5, 0.6) is 11.5 Å². The third kappa shape index (κ3) is 6.88. The van der Waals surface area contributed by atoms with Crippen LogP contribution >= 0.6 is 0 Å². The van der Waals surface area contributed by atoms with Gasteiger partial charge in [-0.15, -0.1) is 0 Å². The Kier molecular flexibility index (Phi) is 9.95. The van der Waals surface area contributed by atoms with Gasteiger partial charge in [0.25, 0.3) is 10.0 Å². The van der Waals surface area contributed by atoms with Crippen LogP contribution in [-0.2, 0) is 26.2 Å². The fourth-order valence-electron chi connectivity index (χ4n) is 4.32. The maximum atomic E-state index is 14.0. The molecule has 0 radical (unpaired) electrons. The number of sulfonamides is 1. The molecule has 1 unspecified atom stereocenters. The van der Waals surface area contributed by atoms with E-state index in [1.807, 2.05) is 38.1 Å². The Labute approximate surface area is 230 Å². The van der Waals surface area contributed by atoms with Crippen molar-refractivity contribution in [2.45, 2.75) is 37.8 Å². The SMILES string of the molecule is CCC(C(=O)NC)N(Cc1cccc(C)c1)C(=O)CN(c1ccc(OC)c(OC)c1)S(=O)(=O)c1ccccc1. The number of carbonyl (C=O) groups is 2. The van der Waals surface area contributed by atoms with Gasteiger partial charge in [-0.3, -0.25) is 13.9 Å².